The van der Waals surface area contributed by atoms with E-state index in [1.807, 2.05) is 20.8 Å². The number of hydrogen-bond donors (Lipinski definition) is 1. The molecule has 2 rings (SSSR count). The fourth-order valence-corrected chi connectivity index (χ4v) is 2.76. The van der Waals surface area contributed by atoms with Crippen LogP contribution in [0.4, 0.5) is 0 Å². The first-order valence-electron chi connectivity index (χ1n) is 6.30. The quantitative estimate of drug-likeness (QED) is 0.919. The van der Waals surface area contributed by atoms with Crippen molar-refractivity contribution in [1.82, 2.24) is 9.88 Å². The van der Waals surface area contributed by atoms with Crippen LogP contribution in [0.2, 0.25) is 0 Å². The summed E-state index contributed by atoms with van der Waals surface area (Å²) in [6.07, 6.45) is 1.12. The summed E-state index contributed by atoms with van der Waals surface area (Å²) in [5, 5.41) is 9.97. The van der Waals surface area contributed by atoms with Crippen LogP contribution in [0.15, 0.2) is 0 Å². The van der Waals surface area contributed by atoms with Gasteiger partial charge in [0.05, 0.1) is 17.1 Å². The molecule has 1 aliphatic rings. The fourth-order valence-electron chi connectivity index (χ4n) is 1.78. The van der Waals surface area contributed by atoms with Crippen molar-refractivity contribution in [2.24, 2.45) is 0 Å². The maximum Gasteiger partial charge on any atom is 0.347 e. The third kappa shape index (κ3) is 2.94. The maximum absolute atomic E-state index is 11.9. The SMILES string of the molecule is CC(C)(C)c1nc(CC(=O)N2CCC2)c(C(=O)O)s1. The molecule has 0 aliphatic carbocycles. The summed E-state index contributed by atoms with van der Waals surface area (Å²) in [7, 11) is 0. The van der Waals surface area contributed by atoms with Gasteiger partial charge in [0.25, 0.3) is 0 Å². The summed E-state index contributed by atoms with van der Waals surface area (Å²) in [5.74, 6) is -1.03. The predicted molar refractivity (Wildman–Crippen MR) is 72.7 cm³/mol. The van der Waals surface area contributed by atoms with Crippen LogP contribution in [0, 0.1) is 0 Å². The molecule has 2 heterocycles. The Labute approximate surface area is 116 Å². The Morgan fingerprint density at radius 2 is 2.00 bits per heavy atom. The van der Waals surface area contributed by atoms with Gasteiger partial charge in [0.15, 0.2) is 0 Å². The zero-order chi connectivity index (χ0) is 14.2. The summed E-state index contributed by atoms with van der Waals surface area (Å²) in [6, 6.07) is 0. The lowest BCUT2D eigenvalue weighted by atomic mass is 9.98. The second-order valence-corrected chi connectivity index (χ2v) is 6.76. The molecule has 0 bridgehead atoms. The van der Waals surface area contributed by atoms with Gasteiger partial charge in [-0.3, -0.25) is 4.79 Å². The number of likely N-dealkylation sites (tertiary alicyclic amines) is 1. The van der Waals surface area contributed by atoms with Gasteiger partial charge in [0.2, 0.25) is 5.91 Å². The van der Waals surface area contributed by atoms with Crippen molar-refractivity contribution in [3.8, 4) is 0 Å². The first-order chi connectivity index (χ1) is 8.79. The second-order valence-electron chi connectivity index (χ2n) is 5.76. The molecule has 0 unspecified atom stereocenters. The molecule has 1 amide bonds. The number of nitrogens with zero attached hydrogens (tertiary/aromatic N) is 2. The van der Waals surface area contributed by atoms with E-state index in [1.54, 1.807) is 4.90 Å². The molecule has 19 heavy (non-hydrogen) atoms. The van der Waals surface area contributed by atoms with E-state index in [0.717, 1.165) is 24.5 Å². The van der Waals surface area contributed by atoms with Crippen molar-refractivity contribution in [3.05, 3.63) is 15.6 Å². The normalized spacial score (nSPS) is 15.2. The first-order valence-corrected chi connectivity index (χ1v) is 7.12. The maximum atomic E-state index is 11.9. The van der Waals surface area contributed by atoms with Gasteiger partial charge in [-0.1, -0.05) is 20.8 Å². The van der Waals surface area contributed by atoms with E-state index in [0.29, 0.717) is 5.69 Å². The Hall–Kier alpha value is -1.43. The summed E-state index contributed by atoms with van der Waals surface area (Å²) < 4.78 is 0. The highest BCUT2D eigenvalue weighted by atomic mass is 32.1. The van der Waals surface area contributed by atoms with Crippen LogP contribution in [0.5, 0.6) is 0 Å². The summed E-state index contributed by atoms with van der Waals surface area (Å²) in [5.41, 5.74) is 0.201. The third-order valence-electron chi connectivity index (χ3n) is 3.06. The highest BCUT2D eigenvalue weighted by Crippen LogP contribution is 2.30. The lowest BCUT2D eigenvalue weighted by Crippen LogP contribution is -2.43. The molecule has 0 saturated carbocycles. The van der Waals surface area contributed by atoms with Gasteiger partial charge in [0.1, 0.15) is 4.88 Å². The fraction of sp³-hybridized carbons (Fsp3) is 0.615. The van der Waals surface area contributed by atoms with Crippen molar-refractivity contribution in [3.63, 3.8) is 0 Å². The number of amides is 1. The third-order valence-corrected chi connectivity index (χ3v) is 4.57. The van der Waals surface area contributed by atoms with Crippen LogP contribution in [0.25, 0.3) is 0 Å². The van der Waals surface area contributed by atoms with Crippen molar-refractivity contribution >= 4 is 23.2 Å². The minimum atomic E-state index is -1.00. The van der Waals surface area contributed by atoms with Gasteiger partial charge >= 0.3 is 5.97 Å². The largest absolute Gasteiger partial charge is 0.477 e. The number of aromatic carboxylic acids is 1. The van der Waals surface area contributed by atoms with E-state index < -0.39 is 5.97 Å². The van der Waals surface area contributed by atoms with Crippen molar-refractivity contribution in [2.75, 3.05) is 13.1 Å². The molecule has 5 nitrogen and oxygen atoms in total. The molecule has 0 spiro atoms. The minimum absolute atomic E-state index is 0.0282. The average molecular weight is 282 g/mol. The Bertz CT molecular complexity index is 512. The molecule has 1 fully saturated rings. The van der Waals surface area contributed by atoms with Gasteiger partial charge in [-0.25, -0.2) is 9.78 Å². The van der Waals surface area contributed by atoms with E-state index in [-0.39, 0.29) is 22.6 Å². The lowest BCUT2D eigenvalue weighted by Gasteiger charge is -2.30. The van der Waals surface area contributed by atoms with E-state index in [2.05, 4.69) is 4.98 Å². The van der Waals surface area contributed by atoms with E-state index in [9.17, 15) is 14.7 Å². The molecule has 1 aliphatic heterocycles. The van der Waals surface area contributed by atoms with E-state index >= 15 is 0 Å². The highest BCUT2D eigenvalue weighted by molar-refractivity contribution is 7.13. The monoisotopic (exact) mass is 282 g/mol. The van der Waals surface area contributed by atoms with Crippen LogP contribution in [0.3, 0.4) is 0 Å². The zero-order valence-electron chi connectivity index (χ0n) is 11.4. The first kappa shape index (κ1) is 14.0. The number of rotatable bonds is 3. The van der Waals surface area contributed by atoms with Crippen LogP contribution < -0.4 is 0 Å². The number of carbonyl (C=O) groups is 2. The van der Waals surface area contributed by atoms with Gasteiger partial charge in [-0.15, -0.1) is 11.3 Å². The molecule has 0 aromatic carbocycles. The number of carbonyl (C=O) groups excluding carboxylic acids is 1. The standard InChI is InChI=1S/C13H18N2O3S/c1-13(2,3)12-14-8(10(19-12)11(17)18)7-9(16)15-5-4-6-15/h4-7H2,1-3H3,(H,17,18). The second kappa shape index (κ2) is 4.92. The van der Waals surface area contributed by atoms with Gasteiger partial charge < -0.3 is 10.0 Å². The molecule has 6 heteroatoms. The Balaban J connectivity index is 2.24. The van der Waals surface area contributed by atoms with E-state index in [4.69, 9.17) is 0 Å². The number of thiazole rings is 1. The Kier molecular flexibility index (Phi) is 3.62. The lowest BCUT2D eigenvalue weighted by molar-refractivity contribution is -0.133. The molecule has 104 valence electrons. The average Bonchev–Trinajstić information content (AvgIpc) is 2.57. The van der Waals surface area contributed by atoms with Crippen LogP contribution in [-0.2, 0) is 16.6 Å². The smallest absolute Gasteiger partial charge is 0.347 e. The molecule has 1 N–H and O–H groups in total. The van der Waals surface area contributed by atoms with Crippen molar-refractivity contribution < 1.29 is 14.7 Å². The van der Waals surface area contributed by atoms with Gasteiger partial charge in [-0.05, 0) is 6.42 Å². The summed E-state index contributed by atoms with van der Waals surface area (Å²) >= 11 is 1.17. The summed E-state index contributed by atoms with van der Waals surface area (Å²) in [4.78, 5) is 29.5. The zero-order valence-corrected chi connectivity index (χ0v) is 12.2. The molecule has 1 aromatic heterocycles. The topological polar surface area (TPSA) is 70.5 Å². The van der Waals surface area contributed by atoms with Crippen molar-refractivity contribution in [1.29, 1.82) is 0 Å². The predicted octanol–water partition coefficient (Wildman–Crippen LogP) is 1.91. The molecule has 0 radical (unpaired) electrons. The minimum Gasteiger partial charge on any atom is -0.477 e. The molecule has 1 aromatic rings. The number of hydrogen-bond acceptors (Lipinski definition) is 4. The number of aromatic nitrogens is 1. The van der Waals surface area contributed by atoms with Gasteiger partial charge in [-0.2, -0.15) is 0 Å². The molecular weight excluding hydrogens is 264 g/mol. The Morgan fingerprint density at radius 3 is 2.42 bits per heavy atom. The van der Waals surface area contributed by atoms with Crippen LogP contribution in [-0.4, -0.2) is 40.0 Å². The Morgan fingerprint density at radius 1 is 1.37 bits per heavy atom. The molecule has 0 atom stereocenters. The number of carboxylic acids is 1. The van der Waals surface area contributed by atoms with Crippen molar-refractivity contribution in [2.45, 2.75) is 39.0 Å². The number of carboxylic acid groups (broad SMARTS) is 1. The van der Waals surface area contributed by atoms with Crippen LogP contribution in [0.1, 0.15) is 47.6 Å². The highest BCUT2D eigenvalue weighted by Gasteiger charge is 2.28. The van der Waals surface area contributed by atoms with Gasteiger partial charge in [0, 0.05) is 18.5 Å². The van der Waals surface area contributed by atoms with Crippen LogP contribution >= 0.6 is 11.3 Å². The van der Waals surface area contributed by atoms with E-state index in [1.165, 1.54) is 11.3 Å². The summed E-state index contributed by atoms with van der Waals surface area (Å²) in [6.45, 7) is 7.50. The molecule has 1 saturated heterocycles. The molecular formula is C13H18N2O3S.